The van der Waals surface area contributed by atoms with Crippen molar-refractivity contribution in [2.45, 2.75) is 18.9 Å². The lowest BCUT2D eigenvalue weighted by Crippen LogP contribution is -2.25. The van der Waals surface area contributed by atoms with Crippen molar-refractivity contribution in [2.75, 3.05) is 11.9 Å². The largest absolute Gasteiger partial charge is 0.394 e. The van der Waals surface area contributed by atoms with Crippen molar-refractivity contribution < 1.29 is 5.11 Å². The molecule has 4 heteroatoms. The van der Waals surface area contributed by atoms with Crippen LogP contribution in [0.1, 0.15) is 12.8 Å². The number of aliphatic hydroxyl groups excluding tert-OH is 1. The van der Waals surface area contributed by atoms with Gasteiger partial charge in [-0.25, -0.2) is 0 Å². The van der Waals surface area contributed by atoms with Crippen molar-refractivity contribution in [2.24, 2.45) is 5.92 Å². The van der Waals surface area contributed by atoms with Crippen molar-refractivity contribution in [1.29, 1.82) is 0 Å². The van der Waals surface area contributed by atoms with E-state index in [1.807, 2.05) is 18.2 Å². The normalized spacial score (nSPS) is 17.5. The van der Waals surface area contributed by atoms with Crippen molar-refractivity contribution in [3.05, 3.63) is 27.7 Å². The zero-order valence-electron chi connectivity index (χ0n) is 8.21. The van der Waals surface area contributed by atoms with E-state index in [-0.39, 0.29) is 12.6 Å². The van der Waals surface area contributed by atoms with E-state index < -0.39 is 0 Å². The molecule has 15 heavy (non-hydrogen) atoms. The third kappa shape index (κ3) is 2.86. The second kappa shape index (κ2) is 4.73. The molecule has 0 heterocycles. The number of nitrogens with one attached hydrogen (secondary N) is 1. The Kier molecular flexibility index (Phi) is 3.54. The lowest BCUT2D eigenvalue weighted by Gasteiger charge is -2.17. The average molecular weight is 291 g/mol. The average Bonchev–Trinajstić information content (AvgIpc) is 3.03. The molecule has 1 aliphatic carbocycles. The van der Waals surface area contributed by atoms with Crippen LogP contribution in [0.5, 0.6) is 0 Å². The zero-order chi connectivity index (χ0) is 10.8. The standard InChI is InChI=1S/C11H13BrClNO/c12-9-5-8(3-4-10(9)13)14-11(6-15)7-1-2-7/h3-5,7,11,14-15H,1-2,6H2. The van der Waals surface area contributed by atoms with Gasteiger partial charge in [-0.15, -0.1) is 0 Å². The zero-order valence-corrected chi connectivity index (χ0v) is 10.6. The van der Waals surface area contributed by atoms with Crippen LogP contribution in [-0.2, 0) is 0 Å². The van der Waals surface area contributed by atoms with Gasteiger partial charge in [-0.1, -0.05) is 11.6 Å². The van der Waals surface area contributed by atoms with Gasteiger partial charge in [-0.2, -0.15) is 0 Å². The summed E-state index contributed by atoms with van der Waals surface area (Å²) in [5.74, 6) is 0.629. The van der Waals surface area contributed by atoms with Crippen molar-refractivity contribution in [3.63, 3.8) is 0 Å². The van der Waals surface area contributed by atoms with E-state index in [9.17, 15) is 5.11 Å². The van der Waals surface area contributed by atoms with Gasteiger partial charge >= 0.3 is 0 Å². The van der Waals surface area contributed by atoms with Crippen LogP contribution in [0.2, 0.25) is 5.02 Å². The highest BCUT2D eigenvalue weighted by Crippen LogP contribution is 2.34. The highest BCUT2D eigenvalue weighted by atomic mass is 79.9. The first-order chi connectivity index (χ1) is 7.20. The minimum atomic E-state index is 0.179. The number of halogens is 2. The van der Waals surface area contributed by atoms with Gasteiger partial charge in [0.05, 0.1) is 17.7 Å². The summed E-state index contributed by atoms with van der Waals surface area (Å²) in [5.41, 5.74) is 0.997. The predicted octanol–water partition coefficient (Wildman–Crippen LogP) is 3.29. The third-order valence-electron chi connectivity index (χ3n) is 2.66. The van der Waals surface area contributed by atoms with Gasteiger partial charge in [0.25, 0.3) is 0 Å². The molecule has 0 spiro atoms. The number of hydrogen-bond acceptors (Lipinski definition) is 2. The molecule has 1 atom stereocenters. The molecule has 2 nitrogen and oxygen atoms in total. The summed E-state index contributed by atoms with van der Waals surface area (Å²) in [7, 11) is 0. The van der Waals surface area contributed by atoms with Crippen LogP contribution >= 0.6 is 27.5 Å². The SMILES string of the molecule is OCC(Nc1ccc(Cl)c(Br)c1)C1CC1. The van der Waals surface area contributed by atoms with Gasteiger partial charge in [0, 0.05) is 10.2 Å². The molecule has 0 radical (unpaired) electrons. The van der Waals surface area contributed by atoms with Crippen LogP contribution < -0.4 is 5.32 Å². The second-order valence-corrected chi connectivity index (χ2v) is 5.16. The van der Waals surface area contributed by atoms with E-state index in [2.05, 4.69) is 21.2 Å². The summed E-state index contributed by atoms with van der Waals surface area (Å²) in [6, 6.07) is 5.89. The van der Waals surface area contributed by atoms with Crippen LogP contribution in [-0.4, -0.2) is 17.8 Å². The van der Waals surface area contributed by atoms with Crippen molar-refractivity contribution in [3.8, 4) is 0 Å². The van der Waals surface area contributed by atoms with E-state index in [1.165, 1.54) is 12.8 Å². The van der Waals surface area contributed by atoms with E-state index in [1.54, 1.807) is 0 Å². The first-order valence-electron chi connectivity index (χ1n) is 5.03. The molecule has 0 aromatic heterocycles. The lowest BCUT2D eigenvalue weighted by molar-refractivity contribution is 0.263. The molecule has 1 saturated carbocycles. The summed E-state index contributed by atoms with van der Waals surface area (Å²) in [6.45, 7) is 0.185. The first-order valence-corrected chi connectivity index (χ1v) is 6.20. The van der Waals surface area contributed by atoms with E-state index >= 15 is 0 Å². The molecule has 0 amide bonds. The molecule has 1 fully saturated rings. The number of rotatable bonds is 4. The minimum Gasteiger partial charge on any atom is -0.394 e. The third-order valence-corrected chi connectivity index (χ3v) is 3.87. The minimum absolute atomic E-state index is 0.179. The summed E-state index contributed by atoms with van der Waals surface area (Å²) in [5, 5.41) is 13.2. The van der Waals surface area contributed by atoms with Gasteiger partial charge < -0.3 is 10.4 Å². The quantitative estimate of drug-likeness (QED) is 0.892. The fourth-order valence-corrected chi connectivity index (χ4v) is 2.11. The van der Waals surface area contributed by atoms with Crippen LogP contribution in [0.3, 0.4) is 0 Å². The summed E-state index contributed by atoms with van der Waals surface area (Å²) in [4.78, 5) is 0. The molecular weight excluding hydrogens is 277 g/mol. The molecule has 0 bridgehead atoms. The molecule has 0 aliphatic heterocycles. The van der Waals surface area contributed by atoms with Crippen molar-refractivity contribution >= 4 is 33.2 Å². The Morgan fingerprint density at radius 1 is 1.53 bits per heavy atom. The molecule has 0 saturated heterocycles. The summed E-state index contributed by atoms with van der Waals surface area (Å²) >= 11 is 9.28. The Morgan fingerprint density at radius 3 is 2.80 bits per heavy atom. The molecular formula is C11H13BrClNO. The van der Waals surface area contributed by atoms with Gasteiger partial charge in [0.1, 0.15) is 0 Å². The van der Waals surface area contributed by atoms with Gasteiger partial charge in [-0.05, 0) is 52.9 Å². The maximum Gasteiger partial charge on any atom is 0.0635 e. The van der Waals surface area contributed by atoms with E-state index in [0.29, 0.717) is 10.9 Å². The van der Waals surface area contributed by atoms with E-state index in [0.717, 1.165) is 10.2 Å². The van der Waals surface area contributed by atoms with Crippen LogP contribution in [0.4, 0.5) is 5.69 Å². The van der Waals surface area contributed by atoms with Crippen LogP contribution in [0.15, 0.2) is 22.7 Å². The number of aliphatic hydroxyl groups is 1. The van der Waals surface area contributed by atoms with Crippen LogP contribution in [0.25, 0.3) is 0 Å². The first kappa shape index (κ1) is 11.2. The van der Waals surface area contributed by atoms with Gasteiger partial charge in [-0.3, -0.25) is 0 Å². The summed E-state index contributed by atoms with van der Waals surface area (Å²) in [6.07, 6.45) is 2.43. The molecule has 2 rings (SSSR count). The van der Waals surface area contributed by atoms with Crippen LogP contribution in [0, 0.1) is 5.92 Å². The van der Waals surface area contributed by atoms with Gasteiger partial charge in [0.2, 0.25) is 0 Å². The number of anilines is 1. The predicted molar refractivity (Wildman–Crippen MR) is 66.4 cm³/mol. The topological polar surface area (TPSA) is 32.3 Å². The molecule has 1 aromatic carbocycles. The molecule has 1 unspecified atom stereocenters. The smallest absolute Gasteiger partial charge is 0.0635 e. The lowest BCUT2D eigenvalue weighted by atomic mass is 10.2. The fraction of sp³-hybridized carbons (Fsp3) is 0.455. The molecule has 1 aromatic rings. The highest BCUT2D eigenvalue weighted by molar-refractivity contribution is 9.10. The Hall–Kier alpha value is -0.250. The van der Waals surface area contributed by atoms with Crippen molar-refractivity contribution in [1.82, 2.24) is 0 Å². The van der Waals surface area contributed by atoms with Gasteiger partial charge in [0.15, 0.2) is 0 Å². The molecule has 2 N–H and O–H groups in total. The molecule has 1 aliphatic rings. The Labute approximate surface area is 103 Å². The monoisotopic (exact) mass is 289 g/mol. The fourth-order valence-electron chi connectivity index (χ4n) is 1.61. The van der Waals surface area contributed by atoms with E-state index in [4.69, 9.17) is 11.6 Å². The second-order valence-electron chi connectivity index (χ2n) is 3.90. The maximum atomic E-state index is 9.22. The maximum absolute atomic E-state index is 9.22. The highest BCUT2D eigenvalue weighted by Gasteiger charge is 2.30. The summed E-state index contributed by atoms with van der Waals surface area (Å²) < 4.78 is 0.877. The number of benzene rings is 1. The molecule has 82 valence electrons. The number of hydrogen-bond donors (Lipinski definition) is 2. The Morgan fingerprint density at radius 2 is 2.27 bits per heavy atom. The Bertz CT molecular complexity index is 354. The Balaban J connectivity index is 2.05.